The highest BCUT2D eigenvalue weighted by Gasteiger charge is 2.35. The minimum Gasteiger partial charge on any atom is -0.303 e. The first-order valence-electron chi connectivity index (χ1n) is 5.10. The average molecular weight is 268 g/mol. The van der Waals surface area contributed by atoms with Crippen molar-refractivity contribution in [2.75, 3.05) is 13.6 Å². The number of hydrogen-bond donors (Lipinski definition) is 2. The van der Waals surface area contributed by atoms with Crippen molar-refractivity contribution in [3.05, 3.63) is 0 Å². The van der Waals surface area contributed by atoms with Crippen molar-refractivity contribution in [2.45, 2.75) is 24.8 Å². The molecular formula is C9H12F4N4O. The van der Waals surface area contributed by atoms with E-state index in [1.54, 1.807) is 0 Å². The van der Waals surface area contributed by atoms with Gasteiger partial charge in [0.2, 0.25) is 0 Å². The van der Waals surface area contributed by atoms with Crippen molar-refractivity contribution in [1.82, 2.24) is 10.7 Å². The third kappa shape index (κ3) is 3.76. The molecule has 0 aliphatic carbocycles. The second-order valence-electron chi connectivity index (χ2n) is 3.58. The van der Waals surface area contributed by atoms with Crippen molar-refractivity contribution in [3.8, 4) is 0 Å². The number of carbonyl (C=O) groups is 1. The normalized spacial score (nSPS) is 25.7. The molecule has 1 saturated heterocycles. The predicted molar refractivity (Wildman–Crippen MR) is 57.4 cm³/mol. The first kappa shape index (κ1) is 14.6. The summed E-state index contributed by atoms with van der Waals surface area (Å²) in [5.41, 5.74) is 0.602. The van der Waals surface area contributed by atoms with Crippen molar-refractivity contribution < 1.29 is 22.4 Å². The maximum absolute atomic E-state index is 13.1. The Bertz CT molecular complexity index is 366. The molecule has 0 radical (unpaired) electrons. The molecule has 1 rings (SSSR count). The maximum atomic E-state index is 13.1. The summed E-state index contributed by atoms with van der Waals surface area (Å²) in [4.78, 5) is 14.3. The van der Waals surface area contributed by atoms with Gasteiger partial charge in [0.05, 0.1) is 6.21 Å². The number of nitrogens with zero attached hydrogens (tertiary/aromatic N) is 2. The van der Waals surface area contributed by atoms with Gasteiger partial charge in [0, 0.05) is 7.05 Å². The van der Waals surface area contributed by atoms with Gasteiger partial charge in [-0.15, -0.1) is 0 Å². The SMILES string of the molecule is CN=C(/C=N\NC(=O)[C@H]1NCC[C@@H]1F)C(F)(F)F. The Labute approximate surface area is 100 Å². The first-order chi connectivity index (χ1) is 8.36. The van der Waals surface area contributed by atoms with Crippen molar-refractivity contribution >= 4 is 17.8 Å². The lowest BCUT2D eigenvalue weighted by Gasteiger charge is -2.10. The van der Waals surface area contributed by atoms with Crippen LogP contribution in [0, 0.1) is 0 Å². The Balaban J connectivity index is 2.52. The highest BCUT2D eigenvalue weighted by molar-refractivity contribution is 6.33. The Morgan fingerprint density at radius 2 is 2.17 bits per heavy atom. The van der Waals surface area contributed by atoms with E-state index in [9.17, 15) is 22.4 Å². The van der Waals surface area contributed by atoms with Crippen LogP contribution in [0.25, 0.3) is 0 Å². The molecule has 1 aliphatic heterocycles. The zero-order chi connectivity index (χ0) is 13.8. The number of alkyl halides is 4. The van der Waals surface area contributed by atoms with E-state index in [1.165, 1.54) is 0 Å². The second-order valence-corrected chi connectivity index (χ2v) is 3.58. The van der Waals surface area contributed by atoms with Crippen LogP contribution in [0.3, 0.4) is 0 Å². The molecule has 18 heavy (non-hydrogen) atoms. The molecule has 1 fully saturated rings. The summed E-state index contributed by atoms with van der Waals surface area (Å²) >= 11 is 0. The number of rotatable bonds is 3. The van der Waals surface area contributed by atoms with Crippen LogP contribution in [0.1, 0.15) is 6.42 Å². The summed E-state index contributed by atoms with van der Waals surface area (Å²) in [6.45, 7) is 0.340. The Kier molecular flexibility index (Phi) is 4.76. The lowest BCUT2D eigenvalue weighted by Crippen LogP contribution is -2.43. The maximum Gasteiger partial charge on any atom is 0.434 e. The summed E-state index contributed by atoms with van der Waals surface area (Å²) < 4.78 is 49.7. The summed E-state index contributed by atoms with van der Waals surface area (Å²) in [5, 5.41) is 5.68. The average Bonchev–Trinajstić information content (AvgIpc) is 2.68. The zero-order valence-electron chi connectivity index (χ0n) is 9.46. The molecule has 5 nitrogen and oxygen atoms in total. The highest BCUT2D eigenvalue weighted by atomic mass is 19.4. The minimum absolute atomic E-state index is 0.187. The van der Waals surface area contributed by atoms with Crippen LogP contribution in [0.2, 0.25) is 0 Å². The summed E-state index contributed by atoms with van der Waals surface area (Å²) in [7, 11) is 0.951. The number of amides is 1. The molecule has 102 valence electrons. The zero-order valence-corrected chi connectivity index (χ0v) is 9.46. The topological polar surface area (TPSA) is 65.8 Å². The largest absolute Gasteiger partial charge is 0.434 e. The summed E-state index contributed by atoms with van der Waals surface area (Å²) in [6.07, 6.45) is -5.44. The quantitative estimate of drug-likeness (QED) is 0.442. The fraction of sp³-hybridized carbons (Fsp3) is 0.667. The molecule has 1 heterocycles. The van der Waals surface area contributed by atoms with Crippen LogP contribution in [0.4, 0.5) is 17.6 Å². The van der Waals surface area contributed by atoms with E-state index in [0.717, 1.165) is 7.05 Å². The summed E-state index contributed by atoms with van der Waals surface area (Å²) in [5.74, 6) is -0.811. The van der Waals surface area contributed by atoms with E-state index in [1.807, 2.05) is 5.43 Å². The van der Waals surface area contributed by atoms with Gasteiger partial charge in [-0.2, -0.15) is 18.3 Å². The third-order valence-corrected chi connectivity index (χ3v) is 2.32. The molecule has 0 saturated carbocycles. The molecule has 1 aliphatic rings. The van der Waals surface area contributed by atoms with Crippen LogP contribution in [-0.4, -0.2) is 49.8 Å². The molecule has 0 aromatic carbocycles. The van der Waals surface area contributed by atoms with Crippen LogP contribution in [0.15, 0.2) is 10.1 Å². The van der Waals surface area contributed by atoms with Gasteiger partial charge in [-0.1, -0.05) is 0 Å². The van der Waals surface area contributed by atoms with Gasteiger partial charge < -0.3 is 5.32 Å². The number of hydrazone groups is 1. The number of carbonyl (C=O) groups excluding carboxylic acids is 1. The van der Waals surface area contributed by atoms with Crippen LogP contribution in [-0.2, 0) is 4.79 Å². The lowest BCUT2D eigenvalue weighted by atomic mass is 10.2. The highest BCUT2D eigenvalue weighted by Crippen LogP contribution is 2.16. The van der Waals surface area contributed by atoms with Crippen molar-refractivity contribution in [3.63, 3.8) is 0 Å². The van der Waals surface area contributed by atoms with Gasteiger partial charge in [0.1, 0.15) is 12.2 Å². The fourth-order valence-electron chi connectivity index (χ4n) is 1.41. The van der Waals surface area contributed by atoms with Gasteiger partial charge in [-0.05, 0) is 13.0 Å². The Morgan fingerprint density at radius 1 is 1.50 bits per heavy atom. The standard InChI is InChI=1S/C9H12F4N4O/c1-14-6(9(11,12)13)4-16-17-8(18)7-5(10)2-3-15-7/h4-5,7,15H,2-3H2,1H3,(H,17,18)/b14-6?,16-4-/t5-,7-/m0/s1. The minimum atomic E-state index is -4.64. The molecule has 0 aromatic rings. The number of aliphatic imine (C=N–C) groups is 1. The number of nitrogens with one attached hydrogen (secondary N) is 2. The van der Waals surface area contributed by atoms with E-state index < -0.39 is 30.0 Å². The molecule has 9 heteroatoms. The van der Waals surface area contributed by atoms with Crippen LogP contribution >= 0.6 is 0 Å². The molecule has 0 spiro atoms. The van der Waals surface area contributed by atoms with Crippen LogP contribution < -0.4 is 10.7 Å². The molecule has 2 atom stereocenters. The van der Waals surface area contributed by atoms with E-state index >= 15 is 0 Å². The van der Waals surface area contributed by atoms with E-state index in [-0.39, 0.29) is 6.42 Å². The Morgan fingerprint density at radius 3 is 2.61 bits per heavy atom. The van der Waals surface area contributed by atoms with Gasteiger partial charge in [-0.3, -0.25) is 9.79 Å². The van der Waals surface area contributed by atoms with E-state index in [2.05, 4.69) is 15.4 Å². The monoisotopic (exact) mass is 268 g/mol. The van der Waals surface area contributed by atoms with E-state index in [0.29, 0.717) is 12.8 Å². The smallest absolute Gasteiger partial charge is 0.303 e. The van der Waals surface area contributed by atoms with Gasteiger partial charge in [0.15, 0.2) is 5.71 Å². The predicted octanol–water partition coefficient (Wildman–Crippen LogP) is 0.421. The van der Waals surface area contributed by atoms with Crippen molar-refractivity contribution in [1.29, 1.82) is 0 Å². The second kappa shape index (κ2) is 5.89. The van der Waals surface area contributed by atoms with Crippen molar-refractivity contribution in [2.24, 2.45) is 10.1 Å². The molecule has 0 bridgehead atoms. The fourth-order valence-corrected chi connectivity index (χ4v) is 1.41. The molecule has 2 N–H and O–H groups in total. The first-order valence-corrected chi connectivity index (χ1v) is 5.10. The summed E-state index contributed by atoms with van der Waals surface area (Å²) in [6, 6.07) is -1.07. The Hall–Kier alpha value is -1.51. The number of halogens is 4. The lowest BCUT2D eigenvalue weighted by molar-refractivity contribution is -0.123. The van der Waals surface area contributed by atoms with Gasteiger partial charge in [0.25, 0.3) is 5.91 Å². The van der Waals surface area contributed by atoms with Gasteiger partial charge >= 0.3 is 6.18 Å². The van der Waals surface area contributed by atoms with E-state index in [4.69, 9.17) is 0 Å². The van der Waals surface area contributed by atoms with Crippen LogP contribution in [0.5, 0.6) is 0 Å². The third-order valence-electron chi connectivity index (χ3n) is 2.32. The van der Waals surface area contributed by atoms with Gasteiger partial charge in [-0.25, -0.2) is 9.82 Å². The molecule has 0 unspecified atom stereocenters. The molecular weight excluding hydrogens is 256 g/mol. The number of hydrogen-bond acceptors (Lipinski definition) is 4. The molecule has 0 aromatic heterocycles. The molecule has 1 amide bonds.